The van der Waals surface area contributed by atoms with Crippen LogP contribution in [0.1, 0.15) is 56.9 Å². The molecule has 0 saturated heterocycles. The van der Waals surface area contributed by atoms with Gasteiger partial charge in [0.2, 0.25) is 0 Å². The van der Waals surface area contributed by atoms with Crippen molar-refractivity contribution in [3.63, 3.8) is 0 Å². The largest absolute Gasteiger partial charge is 0.321 e. The van der Waals surface area contributed by atoms with Crippen LogP contribution in [0.5, 0.6) is 0 Å². The topological polar surface area (TPSA) is 56.7 Å². The van der Waals surface area contributed by atoms with Gasteiger partial charge < -0.3 is 10.3 Å². The Morgan fingerprint density at radius 2 is 2.43 bits per heavy atom. The zero-order chi connectivity index (χ0) is 9.97. The molecule has 1 aromatic heterocycles. The number of nitrogens with zero attached hydrogens (tertiary/aromatic N) is 3. The summed E-state index contributed by atoms with van der Waals surface area (Å²) >= 11 is 0. The molecule has 4 heteroatoms. The lowest BCUT2D eigenvalue weighted by molar-refractivity contribution is 0.537. The summed E-state index contributed by atoms with van der Waals surface area (Å²) in [6.07, 6.45) is 7.70. The van der Waals surface area contributed by atoms with E-state index in [0.717, 1.165) is 12.2 Å². The van der Waals surface area contributed by atoms with Crippen LogP contribution in [0.2, 0.25) is 0 Å². The Morgan fingerprint density at radius 3 is 3.07 bits per heavy atom. The summed E-state index contributed by atoms with van der Waals surface area (Å²) in [5.74, 6) is 0.973. The van der Waals surface area contributed by atoms with E-state index in [-0.39, 0.29) is 6.04 Å². The van der Waals surface area contributed by atoms with E-state index in [1.165, 1.54) is 25.7 Å². The minimum Gasteiger partial charge on any atom is -0.321 e. The van der Waals surface area contributed by atoms with Gasteiger partial charge in [-0.05, 0) is 19.3 Å². The molecule has 14 heavy (non-hydrogen) atoms. The zero-order valence-electron chi connectivity index (χ0n) is 8.69. The summed E-state index contributed by atoms with van der Waals surface area (Å²) in [4.78, 5) is 0. The molecule has 78 valence electrons. The van der Waals surface area contributed by atoms with Gasteiger partial charge in [0, 0.05) is 6.04 Å². The average Bonchev–Trinajstić information content (AvgIpc) is 2.93. The molecule has 1 unspecified atom stereocenters. The third-order valence-electron chi connectivity index (χ3n) is 2.74. The second kappa shape index (κ2) is 4.09. The molecule has 0 aliphatic heterocycles. The lowest BCUT2D eigenvalue weighted by atomic mass is 10.1. The van der Waals surface area contributed by atoms with Gasteiger partial charge in [0.25, 0.3) is 0 Å². The van der Waals surface area contributed by atoms with Gasteiger partial charge in [0.1, 0.15) is 12.2 Å². The van der Waals surface area contributed by atoms with Gasteiger partial charge in [-0.25, -0.2) is 0 Å². The SMILES string of the molecule is CCCCC(N)c1nncn1C1CC1. The standard InChI is InChI=1S/C10H18N4/c1-2-3-4-9(11)10-13-12-7-14(10)8-5-6-8/h7-9H,2-6,11H2,1H3. The molecule has 0 radical (unpaired) electrons. The number of aromatic nitrogens is 3. The lowest BCUT2D eigenvalue weighted by Gasteiger charge is -2.11. The summed E-state index contributed by atoms with van der Waals surface area (Å²) in [5, 5.41) is 8.06. The van der Waals surface area contributed by atoms with Crippen LogP contribution in [0.15, 0.2) is 6.33 Å². The predicted octanol–water partition coefficient (Wildman–Crippen LogP) is 1.80. The smallest absolute Gasteiger partial charge is 0.150 e. The highest BCUT2D eigenvalue weighted by Crippen LogP contribution is 2.36. The molecule has 2 N–H and O–H groups in total. The maximum atomic E-state index is 6.07. The van der Waals surface area contributed by atoms with E-state index in [2.05, 4.69) is 21.7 Å². The van der Waals surface area contributed by atoms with Crippen LogP contribution in [0.3, 0.4) is 0 Å². The first-order valence-electron chi connectivity index (χ1n) is 5.48. The molecule has 1 aromatic rings. The van der Waals surface area contributed by atoms with Crippen LogP contribution in [0, 0.1) is 0 Å². The molecule has 0 spiro atoms. The molecule has 1 heterocycles. The monoisotopic (exact) mass is 194 g/mol. The van der Waals surface area contributed by atoms with Crippen molar-refractivity contribution < 1.29 is 0 Å². The Morgan fingerprint density at radius 1 is 1.64 bits per heavy atom. The molecule has 1 saturated carbocycles. The molecule has 0 aromatic carbocycles. The average molecular weight is 194 g/mol. The van der Waals surface area contributed by atoms with Gasteiger partial charge in [-0.15, -0.1) is 10.2 Å². The van der Waals surface area contributed by atoms with Crippen molar-refractivity contribution in [3.05, 3.63) is 12.2 Å². The second-order valence-corrected chi connectivity index (χ2v) is 4.08. The fraction of sp³-hybridized carbons (Fsp3) is 0.800. The lowest BCUT2D eigenvalue weighted by Crippen LogP contribution is -2.16. The second-order valence-electron chi connectivity index (χ2n) is 4.08. The first-order valence-corrected chi connectivity index (χ1v) is 5.48. The van der Waals surface area contributed by atoms with Crippen molar-refractivity contribution >= 4 is 0 Å². The van der Waals surface area contributed by atoms with Gasteiger partial charge >= 0.3 is 0 Å². The Kier molecular flexibility index (Phi) is 2.82. The summed E-state index contributed by atoms with van der Waals surface area (Å²) in [6.45, 7) is 2.18. The van der Waals surface area contributed by atoms with E-state index in [9.17, 15) is 0 Å². The maximum absolute atomic E-state index is 6.07. The Labute approximate surface area is 84.5 Å². The van der Waals surface area contributed by atoms with Gasteiger partial charge in [-0.1, -0.05) is 19.8 Å². The van der Waals surface area contributed by atoms with Crippen molar-refractivity contribution in [2.24, 2.45) is 5.73 Å². The summed E-state index contributed by atoms with van der Waals surface area (Å²) < 4.78 is 2.15. The van der Waals surface area contributed by atoms with Crippen molar-refractivity contribution in [2.75, 3.05) is 0 Å². The third-order valence-corrected chi connectivity index (χ3v) is 2.74. The number of rotatable bonds is 5. The van der Waals surface area contributed by atoms with Crippen molar-refractivity contribution in [3.8, 4) is 0 Å². The molecule has 0 amide bonds. The Hall–Kier alpha value is -0.900. The highest BCUT2D eigenvalue weighted by Gasteiger charge is 2.27. The molecule has 0 bridgehead atoms. The molecule has 4 nitrogen and oxygen atoms in total. The normalized spacial score (nSPS) is 18.4. The number of hydrogen-bond acceptors (Lipinski definition) is 3. The van der Waals surface area contributed by atoms with Crippen LogP contribution in [0.25, 0.3) is 0 Å². The van der Waals surface area contributed by atoms with Crippen LogP contribution >= 0.6 is 0 Å². The van der Waals surface area contributed by atoms with Crippen LogP contribution < -0.4 is 5.73 Å². The van der Waals surface area contributed by atoms with Crippen molar-refractivity contribution in [2.45, 2.75) is 51.1 Å². The molecule has 2 rings (SSSR count). The fourth-order valence-electron chi connectivity index (χ4n) is 1.70. The third kappa shape index (κ3) is 1.95. The molecule has 1 fully saturated rings. The highest BCUT2D eigenvalue weighted by molar-refractivity contribution is 4.99. The molecule has 1 aliphatic rings. The minimum atomic E-state index is 0.0676. The summed E-state index contributed by atoms with van der Waals surface area (Å²) in [5.41, 5.74) is 6.07. The van der Waals surface area contributed by atoms with E-state index in [4.69, 9.17) is 5.73 Å². The quantitative estimate of drug-likeness (QED) is 0.777. The maximum Gasteiger partial charge on any atom is 0.150 e. The van der Waals surface area contributed by atoms with Crippen molar-refractivity contribution in [1.29, 1.82) is 0 Å². The van der Waals surface area contributed by atoms with Gasteiger partial charge in [0.15, 0.2) is 0 Å². The predicted molar refractivity (Wildman–Crippen MR) is 54.7 cm³/mol. The Balaban J connectivity index is 2.02. The first kappa shape index (κ1) is 9.65. The summed E-state index contributed by atoms with van der Waals surface area (Å²) in [6, 6.07) is 0.700. The van der Waals surface area contributed by atoms with Crippen molar-refractivity contribution in [1.82, 2.24) is 14.8 Å². The molecular weight excluding hydrogens is 176 g/mol. The Bertz CT molecular complexity index is 290. The summed E-state index contributed by atoms with van der Waals surface area (Å²) in [7, 11) is 0. The fourth-order valence-corrected chi connectivity index (χ4v) is 1.70. The molecule has 1 aliphatic carbocycles. The van der Waals surface area contributed by atoms with Gasteiger partial charge in [0.05, 0.1) is 6.04 Å². The molecular formula is C10H18N4. The van der Waals surface area contributed by atoms with Gasteiger partial charge in [-0.2, -0.15) is 0 Å². The number of nitrogens with two attached hydrogens (primary N) is 1. The first-order chi connectivity index (χ1) is 6.83. The van der Waals surface area contributed by atoms with Crippen LogP contribution in [-0.2, 0) is 0 Å². The minimum absolute atomic E-state index is 0.0676. The number of hydrogen-bond donors (Lipinski definition) is 1. The van der Waals surface area contributed by atoms with E-state index >= 15 is 0 Å². The van der Waals surface area contributed by atoms with E-state index < -0.39 is 0 Å². The zero-order valence-corrected chi connectivity index (χ0v) is 8.69. The number of unbranched alkanes of at least 4 members (excludes halogenated alkanes) is 1. The van der Waals surface area contributed by atoms with Crippen LogP contribution in [-0.4, -0.2) is 14.8 Å². The highest BCUT2D eigenvalue weighted by atomic mass is 15.3. The van der Waals surface area contributed by atoms with E-state index in [1.807, 2.05) is 6.33 Å². The van der Waals surface area contributed by atoms with E-state index in [1.54, 1.807) is 0 Å². The molecule has 1 atom stereocenters. The van der Waals surface area contributed by atoms with Gasteiger partial charge in [-0.3, -0.25) is 0 Å². The van der Waals surface area contributed by atoms with Crippen LogP contribution in [0.4, 0.5) is 0 Å². The van der Waals surface area contributed by atoms with E-state index in [0.29, 0.717) is 6.04 Å².